The fourth-order valence-corrected chi connectivity index (χ4v) is 6.05. The van der Waals surface area contributed by atoms with Gasteiger partial charge in [0.15, 0.2) is 0 Å². The first-order chi connectivity index (χ1) is 18.8. The molecule has 1 unspecified atom stereocenters. The molecule has 1 heterocycles. The predicted octanol–water partition coefficient (Wildman–Crippen LogP) is 3.31. The van der Waals surface area contributed by atoms with Gasteiger partial charge in [0, 0.05) is 6.54 Å². The summed E-state index contributed by atoms with van der Waals surface area (Å²) in [6.07, 6.45) is 7.80. The van der Waals surface area contributed by atoms with Gasteiger partial charge >= 0.3 is 6.09 Å². The van der Waals surface area contributed by atoms with Gasteiger partial charge < -0.3 is 26.0 Å². The molecule has 4 amide bonds. The normalized spacial score (nSPS) is 23.7. The van der Waals surface area contributed by atoms with Crippen molar-refractivity contribution in [2.75, 3.05) is 13.2 Å². The molecule has 2 aliphatic carbocycles. The number of nitrogens with zero attached hydrogens (tertiary/aromatic N) is 1. The molecule has 0 aromatic carbocycles. The highest BCUT2D eigenvalue weighted by molar-refractivity contribution is 6.37. The quantitative estimate of drug-likeness (QED) is 0.329. The van der Waals surface area contributed by atoms with Crippen LogP contribution in [0.2, 0.25) is 0 Å². The van der Waals surface area contributed by atoms with Crippen LogP contribution in [0.15, 0.2) is 0 Å². The Morgan fingerprint density at radius 1 is 0.925 bits per heavy atom. The van der Waals surface area contributed by atoms with Crippen LogP contribution in [0.1, 0.15) is 98.8 Å². The fourth-order valence-electron chi connectivity index (χ4n) is 6.05. The summed E-state index contributed by atoms with van der Waals surface area (Å²) in [5, 5.41) is 5.64. The van der Waals surface area contributed by atoms with Gasteiger partial charge in [0.05, 0.1) is 12.6 Å². The summed E-state index contributed by atoms with van der Waals surface area (Å²) >= 11 is 0. The van der Waals surface area contributed by atoms with Crippen molar-refractivity contribution in [2.45, 2.75) is 117 Å². The minimum absolute atomic E-state index is 0.0481. The third-order valence-corrected chi connectivity index (χ3v) is 8.83. The van der Waals surface area contributed by atoms with Gasteiger partial charge in [-0.1, -0.05) is 73.1 Å². The summed E-state index contributed by atoms with van der Waals surface area (Å²) in [4.78, 5) is 66.5. The average molecular weight is 563 g/mol. The number of nitrogens with one attached hydrogen (secondary N) is 2. The number of ketones is 1. The Hall–Kier alpha value is -2.65. The molecule has 0 radical (unpaired) electrons. The van der Waals surface area contributed by atoms with E-state index in [0.29, 0.717) is 19.4 Å². The number of primary amides is 1. The molecule has 40 heavy (non-hydrogen) atoms. The van der Waals surface area contributed by atoms with Gasteiger partial charge in [0.25, 0.3) is 5.91 Å². The van der Waals surface area contributed by atoms with E-state index in [2.05, 4.69) is 24.5 Å². The Labute approximate surface area is 238 Å². The smallest absolute Gasteiger partial charge is 0.407 e. The van der Waals surface area contributed by atoms with Gasteiger partial charge in [-0.05, 0) is 54.8 Å². The SMILES string of the molecule is CC(C)[C@@H]1C[C@@H](C(=O)NC(CC2CCC2)C(=O)C(N)=O)N(C(=O)[C@@H](NC(=O)OCC(C)(C)C)C2CCCCC2)C1. The summed E-state index contributed by atoms with van der Waals surface area (Å²) in [7, 11) is 0. The lowest BCUT2D eigenvalue weighted by Crippen LogP contribution is -2.58. The van der Waals surface area contributed by atoms with Crippen molar-refractivity contribution < 1.29 is 28.7 Å². The summed E-state index contributed by atoms with van der Waals surface area (Å²) in [6, 6.07) is -2.60. The van der Waals surface area contributed by atoms with Crippen molar-refractivity contribution in [3.05, 3.63) is 0 Å². The second kappa shape index (κ2) is 13.8. The summed E-state index contributed by atoms with van der Waals surface area (Å²) in [5.41, 5.74) is 5.08. The zero-order valence-corrected chi connectivity index (χ0v) is 25.0. The van der Waals surface area contributed by atoms with Crippen molar-refractivity contribution in [1.82, 2.24) is 15.5 Å². The van der Waals surface area contributed by atoms with E-state index in [1.54, 1.807) is 4.90 Å². The third kappa shape index (κ3) is 8.67. The average Bonchev–Trinajstić information content (AvgIpc) is 3.32. The van der Waals surface area contributed by atoms with Crippen LogP contribution in [0.4, 0.5) is 4.79 Å². The van der Waals surface area contributed by atoms with Gasteiger partial charge in [0.2, 0.25) is 17.6 Å². The Morgan fingerprint density at radius 2 is 1.57 bits per heavy atom. The lowest BCUT2D eigenvalue weighted by molar-refractivity contribution is -0.143. The number of amides is 4. The van der Waals surface area contributed by atoms with Crippen molar-refractivity contribution in [3.8, 4) is 0 Å². The predicted molar refractivity (Wildman–Crippen MR) is 151 cm³/mol. The van der Waals surface area contributed by atoms with E-state index in [1.807, 2.05) is 20.8 Å². The minimum atomic E-state index is -1.07. The van der Waals surface area contributed by atoms with Gasteiger partial charge in [0.1, 0.15) is 12.1 Å². The van der Waals surface area contributed by atoms with Crippen molar-refractivity contribution in [2.24, 2.45) is 34.8 Å². The van der Waals surface area contributed by atoms with Gasteiger partial charge in [-0.25, -0.2) is 4.79 Å². The maximum atomic E-state index is 14.2. The number of hydrogen-bond donors (Lipinski definition) is 3. The summed E-state index contributed by atoms with van der Waals surface area (Å²) in [5.74, 6) is -2.10. The lowest BCUT2D eigenvalue weighted by atomic mass is 9.80. The van der Waals surface area contributed by atoms with Gasteiger partial charge in [-0.15, -0.1) is 0 Å². The Balaban J connectivity index is 1.81. The van der Waals surface area contributed by atoms with Crippen LogP contribution in [0.5, 0.6) is 0 Å². The molecule has 4 atom stereocenters. The highest BCUT2D eigenvalue weighted by Crippen LogP contribution is 2.34. The molecule has 10 heteroatoms. The molecular formula is C30H50N4O6. The zero-order valence-electron chi connectivity index (χ0n) is 25.0. The summed E-state index contributed by atoms with van der Waals surface area (Å²) < 4.78 is 5.45. The molecular weight excluding hydrogens is 512 g/mol. The molecule has 10 nitrogen and oxygen atoms in total. The van der Waals surface area contributed by atoms with E-state index < -0.39 is 41.8 Å². The van der Waals surface area contributed by atoms with Crippen LogP contribution in [-0.4, -0.2) is 65.8 Å². The second-order valence-electron chi connectivity index (χ2n) is 13.7. The number of carbonyl (C=O) groups is 5. The summed E-state index contributed by atoms with van der Waals surface area (Å²) in [6.45, 7) is 10.6. The van der Waals surface area contributed by atoms with Crippen LogP contribution >= 0.6 is 0 Å². The molecule has 1 saturated heterocycles. The highest BCUT2D eigenvalue weighted by Gasteiger charge is 2.45. The number of hydrogen-bond acceptors (Lipinski definition) is 6. The van der Waals surface area contributed by atoms with Crippen LogP contribution < -0.4 is 16.4 Å². The second-order valence-corrected chi connectivity index (χ2v) is 13.7. The van der Waals surface area contributed by atoms with Crippen molar-refractivity contribution in [1.29, 1.82) is 0 Å². The topological polar surface area (TPSA) is 148 Å². The van der Waals surface area contributed by atoms with Crippen molar-refractivity contribution in [3.63, 3.8) is 0 Å². The molecule has 0 aromatic rings. The largest absolute Gasteiger partial charge is 0.449 e. The van der Waals surface area contributed by atoms with Crippen LogP contribution in [0.3, 0.4) is 0 Å². The molecule has 226 valence electrons. The lowest BCUT2D eigenvalue weighted by Gasteiger charge is -2.35. The Kier molecular flexibility index (Phi) is 11.0. The van der Waals surface area contributed by atoms with Gasteiger partial charge in [-0.2, -0.15) is 0 Å². The molecule has 3 aliphatic rings. The number of Topliss-reactive ketones (excluding diaryl/α,β-unsaturated/α-hetero) is 1. The maximum Gasteiger partial charge on any atom is 0.407 e. The van der Waals surface area contributed by atoms with E-state index >= 15 is 0 Å². The molecule has 0 spiro atoms. The van der Waals surface area contributed by atoms with E-state index in [1.165, 1.54) is 0 Å². The maximum absolute atomic E-state index is 14.2. The Morgan fingerprint density at radius 3 is 2.10 bits per heavy atom. The number of alkyl carbamates (subject to hydrolysis) is 1. The first-order valence-electron chi connectivity index (χ1n) is 15.1. The molecule has 3 rings (SSSR count). The monoisotopic (exact) mass is 562 g/mol. The number of carbonyl (C=O) groups excluding carboxylic acids is 5. The molecule has 0 aromatic heterocycles. The first kappa shape index (κ1) is 31.9. The van der Waals surface area contributed by atoms with Crippen LogP contribution in [-0.2, 0) is 23.9 Å². The number of likely N-dealkylation sites (tertiary alicyclic amines) is 1. The number of nitrogens with two attached hydrogens (primary N) is 1. The van der Waals surface area contributed by atoms with Crippen molar-refractivity contribution >= 4 is 29.6 Å². The molecule has 4 N–H and O–H groups in total. The number of rotatable bonds is 11. The van der Waals surface area contributed by atoms with Crippen LogP contribution in [0.25, 0.3) is 0 Å². The van der Waals surface area contributed by atoms with E-state index in [0.717, 1.165) is 51.4 Å². The van der Waals surface area contributed by atoms with E-state index in [9.17, 15) is 24.0 Å². The fraction of sp³-hybridized carbons (Fsp3) is 0.833. The Bertz CT molecular complexity index is 935. The molecule has 3 fully saturated rings. The number of ether oxygens (including phenoxy) is 1. The van der Waals surface area contributed by atoms with Gasteiger partial charge in [-0.3, -0.25) is 19.2 Å². The first-order valence-corrected chi connectivity index (χ1v) is 15.1. The third-order valence-electron chi connectivity index (χ3n) is 8.83. The molecule has 1 aliphatic heterocycles. The van der Waals surface area contributed by atoms with Crippen LogP contribution in [0, 0.1) is 29.1 Å². The molecule has 0 bridgehead atoms. The van der Waals surface area contributed by atoms with E-state index in [-0.39, 0.29) is 41.6 Å². The minimum Gasteiger partial charge on any atom is -0.449 e. The highest BCUT2D eigenvalue weighted by atomic mass is 16.5. The standard InChI is InChI=1S/C30H50N4O6/c1-18(2)21-15-23(27(37)32-22(25(35)26(31)36)14-19-10-9-11-19)34(16-21)28(38)24(20-12-7-6-8-13-20)33-29(39)40-17-30(3,4)5/h18-24H,6-17H2,1-5H3,(H2,31,36)(H,32,37)(H,33,39)/t21-,22?,23+,24+/m1/s1. The zero-order chi connectivity index (χ0) is 29.6. The molecule has 2 saturated carbocycles. The van der Waals surface area contributed by atoms with E-state index in [4.69, 9.17) is 10.5 Å².